The van der Waals surface area contributed by atoms with Gasteiger partial charge in [0.1, 0.15) is 6.33 Å². The minimum atomic E-state index is 0.804. The Hall–Kier alpha value is -1.00. The Kier molecular flexibility index (Phi) is 3.64. The second-order valence-corrected chi connectivity index (χ2v) is 4.21. The minimum Gasteiger partial charge on any atom is -0.313 e. The second kappa shape index (κ2) is 5.19. The molecule has 0 saturated heterocycles. The monoisotopic (exact) mass is 206 g/mol. The Labute approximate surface area is 90.7 Å². The predicted octanol–water partition coefficient (Wildman–Crippen LogP) is 0.660. The third-order valence-electron chi connectivity index (χ3n) is 2.57. The molecule has 4 heteroatoms. The smallest absolute Gasteiger partial charge is 0.115 e. The highest BCUT2D eigenvalue weighted by Gasteiger charge is 2.19. The minimum absolute atomic E-state index is 0.804. The Morgan fingerprint density at radius 3 is 2.80 bits per heavy atom. The number of hydrogen-bond donors (Lipinski definition) is 1. The van der Waals surface area contributed by atoms with Crippen LogP contribution in [0.2, 0.25) is 0 Å². The van der Waals surface area contributed by atoms with Crippen LogP contribution in [0.4, 0.5) is 0 Å². The van der Waals surface area contributed by atoms with Crippen LogP contribution in [0, 0.1) is 0 Å². The molecule has 4 nitrogen and oxygen atoms in total. The van der Waals surface area contributed by atoms with Gasteiger partial charge in [0.25, 0.3) is 0 Å². The Morgan fingerprint density at radius 2 is 2.13 bits per heavy atom. The Morgan fingerprint density at radius 1 is 1.40 bits per heavy atom. The van der Waals surface area contributed by atoms with Gasteiger partial charge < -0.3 is 10.2 Å². The molecule has 1 heterocycles. The van der Waals surface area contributed by atoms with Gasteiger partial charge in [-0.25, -0.2) is 9.97 Å². The normalized spacial score (nSPS) is 15.9. The third kappa shape index (κ3) is 3.93. The highest BCUT2D eigenvalue weighted by Crippen LogP contribution is 2.17. The molecule has 15 heavy (non-hydrogen) atoms. The summed E-state index contributed by atoms with van der Waals surface area (Å²) in [5, 5.41) is 3.50. The summed E-state index contributed by atoms with van der Waals surface area (Å²) in [4.78, 5) is 10.3. The fourth-order valence-corrected chi connectivity index (χ4v) is 1.55. The molecule has 1 fully saturated rings. The predicted molar refractivity (Wildman–Crippen MR) is 59.4 cm³/mol. The van der Waals surface area contributed by atoms with Gasteiger partial charge in [-0.1, -0.05) is 0 Å². The van der Waals surface area contributed by atoms with Gasteiger partial charge in [-0.15, -0.1) is 0 Å². The summed E-state index contributed by atoms with van der Waals surface area (Å²) < 4.78 is 0. The molecule has 0 unspecified atom stereocenters. The summed E-state index contributed by atoms with van der Waals surface area (Å²) in [5.41, 5.74) is 1.17. The summed E-state index contributed by atoms with van der Waals surface area (Å²) in [6, 6.07) is 0.804. The van der Waals surface area contributed by atoms with Crippen LogP contribution < -0.4 is 5.32 Å². The van der Waals surface area contributed by atoms with Crippen molar-refractivity contribution in [3.63, 3.8) is 0 Å². The van der Waals surface area contributed by atoms with Gasteiger partial charge in [0.15, 0.2) is 0 Å². The first-order valence-corrected chi connectivity index (χ1v) is 5.50. The van der Waals surface area contributed by atoms with E-state index in [1.165, 1.54) is 18.4 Å². The lowest BCUT2D eigenvalue weighted by atomic mass is 10.3. The van der Waals surface area contributed by atoms with Crippen LogP contribution in [0.25, 0.3) is 0 Å². The SMILES string of the molecule is CN(CCNC1CC1)Cc1cncnc1. The molecule has 1 aromatic rings. The molecule has 1 aliphatic carbocycles. The topological polar surface area (TPSA) is 41.0 Å². The number of hydrogen-bond acceptors (Lipinski definition) is 4. The first-order valence-electron chi connectivity index (χ1n) is 5.50. The van der Waals surface area contributed by atoms with Gasteiger partial charge in [-0.05, 0) is 19.9 Å². The molecule has 82 valence electrons. The lowest BCUT2D eigenvalue weighted by molar-refractivity contribution is 0.323. The zero-order valence-electron chi connectivity index (χ0n) is 9.19. The molecule has 0 aromatic carbocycles. The quantitative estimate of drug-likeness (QED) is 0.742. The fraction of sp³-hybridized carbons (Fsp3) is 0.636. The van der Waals surface area contributed by atoms with Gasteiger partial charge in [0, 0.05) is 43.6 Å². The van der Waals surface area contributed by atoms with Crippen molar-refractivity contribution in [2.24, 2.45) is 0 Å². The van der Waals surface area contributed by atoms with E-state index in [0.29, 0.717) is 0 Å². The van der Waals surface area contributed by atoms with E-state index in [4.69, 9.17) is 0 Å². The molecule has 1 saturated carbocycles. The van der Waals surface area contributed by atoms with E-state index >= 15 is 0 Å². The van der Waals surface area contributed by atoms with E-state index in [1.54, 1.807) is 6.33 Å². The van der Waals surface area contributed by atoms with Gasteiger partial charge in [0.05, 0.1) is 0 Å². The molecular weight excluding hydrogens is 188 g/mol. The van der Waals surface area contributed by atoms with Crippen LogP contribution >= 0.6 is 0 Å². The van der Waals surface area contributed by atoms with E-state index in [0.717, 1.165) is 25.7 Å². The van der Waals surface area contributed by atoms with Gasteiger partial charge in [-0.3, -0.25) is 0 Å². The van der Waals surface area contributed by atoms with Crippen molar-refractivity contribution in [3.05, 3.63) is 24.3 Å². The van der Waals surface area contributed by atoms with Gasteiger partial charge in [-0.2, -0.15) is 0 Å². The third-order valence-corrected chi connectivity index (χ3v) is 2.57. The van der Waals surface area contributed by atoms with E-state index in [9.17, 15) is 0 Å². The number of likely N-dealkylation sites (N-methyl/N-ethyl adjacent to an activating group) is 1. The number of nitrogens with one attached hydrogen (secondary N) is 1. The average molecular weight is 206 g/mol. The zero-order valence-corrected chi connectivity index (χ0v) is 9.19. The second-order valence-electron chi connectivity index (χ2n) is 4.21. The zero-order chi connectivity index (χ0) is 10.5. The van der Waals surface area contributed by atoms with Crippen LogP contribution in [0.5, 0.6) is 0 Å². The Balaban J connectivity index is 1.65. The molecule has 1 N–H and O–H groups in total. The van der Waals surface area contributed by atoms with Crippen LogP contribution in [0.15, 0.2) is 18.7 Å². The number of aromatic nitrogens is 2. The molecule has 1 aliphatic rings. The van der Waals surface area contributed by atoms with E-state index in [2.05, 4.69) is 27.2 Å². The molecule has 1 aromatic heterocycles. The summed E-state index contributed by atoms with van der Waals surface area (Å²) >= 11 is 0. The van der Waals surface area contributed by atoms with Gasteiger partial charge in [0.2, 0.25) is 0 Å². The van der Waals surface area contributed by atoms with Gasteiger partial charge >= 0.3 is 0 Å². The summed E-state index contributed by atoms with van der Waals surface area (Å²) in [6.07, 6.45) is 8.03. The van der Waals surface area contributed by atoms with Crippen LogP contribution in [-0.4, -0.2) is 41.0 Å². The molecule has 0 spiro atoms. The van der Waals surface area contributed by atoms with Crippen molar-refractivity contribution in [2.75, 3.05) is 20.1 Å². The lowest BCUT2D eigenvalue weighted by Crippen LogP contribution is -2.30. The van der Waals surface area contributed by atoms with Crippen molar-refractivity contribution < 1.29 is 0 Å². The molecule has 2 rings (SSSR count). The van der Waals surface area contributed by atoms with Crippen molar-refractivity contribution in [3.8, 4) is 0 Å². The molecule has 0 amide bonds. The van der Waals surface area contributed by atoms with Crippen LogP contribution in [0.3, 0.4) is 0 Å². The maximum Gasteiger partial charge on any atom is 0.115 e. The van der Waals surface area contributed by atoms with Crippen molar-refractivity contribution in [2.45, 2.75) is 25.4 Å². The largest absolute Gasteiger partial charge is 0.313 e. The number of nitrogens with zero attached hydrogens (tertiary/aromatic N) is 3. The van der Waals surface area contributed by atoms with Crippen LogP contribution in [0.1, 0.15) is 18.4 Å². The molecule has 0 atom stereocenters. The average Bonchev–Trinajstić information content (AvgIpc) is 3.03. The number of rotatable bonds is 6. The maximum atomic E-state index is 4.00. The summed E-state index contributed by atoms with van der Waals surface area (Å²) in [5.74, 6) is 0. The Bertz CT molecular complexity index is 284. The molecule has 0 radical (unpaired) electrons. The van der Waals surface area contributed by atoms with E-state index < -0.39 is 0 Å². The summed E-state index contributed by atoms with van der Waals surface area (Å²) in [7, 11) is 2.13. The van der Waals surface area contributed by atoms with Crippen LogP contribution in [-0.2, 0) is 6.54 Å². The molecule has 0 aliphatic heterocycles. The lowest BCUT2D eigenvalue weighted by Gasteiger charge is -2.16. The standard InChI is InChI=1S/C11H18N4/c1-15(5-4-14-11-2-3-11)8-10-6-12-9-13-7-10/h6-7,9,11,14H,2-5,8H2,1H3. The summed E-state index contributed by atoms with van der Waals surface area (Å²) in [6.45, 7) is 3.08. The highest BCUT2D eigenvalue weighted by molar-refractivity contribution is 5.01. The first-order chi connectivity index (χ1) is 7.34. The highest BCUT2D eigenvalue weighted by atomic mass is 15.1. The maximum absolute atomic E-state index is 4.00. The first kappa shape index (κ1) is 10.5. The van der Waals surface area contributed by atoms with E-state index in [-0.39, 0.29) is 0 Å². The fourth-order valence-electron chi connectivity index (χ4n) is 1.55. The molecule has 0 bridgehead atoms. The van der Waals surface area contributed by atoms with Crippen molar-refractivity contribution in [1.82, 2.24) is 20.2 Å². The van der Waals surface area contributed by atoms with Crippen molar-refractivity contribution >= 4 is 0 Å². The van der Waals surface area contributed by atoms with Crippen molar-refractivity contribution in [1.29, 1.82) is 0 Å². The van der Waals surface area contributed by atoms with E-state index in [1.807, 2.05) is 12.4 Å². The molecular formula is C11H18N4.